The zero-order valence-corrected chi connectivity index (χ0v) is 9.64. The molecular weight excluding hydrogens is 200 g/mol. The third-order valence-corrected chi connectivity index (χ3v) is 3.89. The summed E-state index contributed by atoms with van der Waals surface area (Å²) in [5.74, 6) is 1.08. The summed E-state index contributed by atoms with van der Waals surface area (Å²) in [4.78, 5) is 2.58. The summed E-state index contributed by atoms with van der Waals surface area (Å²) >= 11 is 0. The maximum absolute atomic E-state index is 6.20. The van der Waals surface area contributed by atoms with Crippen molar-refractivity contribution in [1.82, 2.24) is 4.90 Å². The molecule has 1 aromatic heterocycles. The van der Waals surface area contributed by atoms with E-state index in [0.717, 1.165) is 18.3 Å². The Morgan fingerprint density at radius 2 is 2.19 bits per heavy atom. The summed E-state index contributed by atoms with van der Waals surface area (Å²) in [6.45, 7) is 0.941. The molecule has 0 amide bonds. The lowest BCUT2D eigenvalue weighted by molar-refractivity contribution is 0.154. The molecule has 2 aliphatic rings. The molecule has 3 nitrogen and oxygen atoms in total. The topological polar surface area (TPSA) is 42.4 Å². The normalized spacial score (nSPS) is 30.1. The highest BCUT2D eigenvalue weighted by Crippen LogP contribution is 2.35. The third kappa shape index (κ3) is 2.02. The maximum atomic E-state index is 6.20. The van der Waals surface area contributed by atoms with Gasteiger partial charge in [-0.05, 0) is 37.8 Å². The van der Waals surface area contributed by atoms with Crippen LogP contribution in [0.2, 0.25) is 0 Å². The molecule has 88 valence electrons. The van der Waals surface area contributed by atoms with Gasteiger partial charge in [-0.1, -0.05) is 6.42 Å². The Morgan fingerprint density at radius 1 is 1.31 bits per heavy atom. The van der Waals surface area contributed by atoms with E-state index in [4.69, 9.17) is 10.2 Å². The van der Waals surface area contributed by atoms with Crippen LogP contribution in [0.15, 0.2) is 22.8 Å². The Bertz CT molecular complexity index is 332. The number of nitrogens with zero attached hydrogens (tertiary/aromatic N) is 1. The minimum Gasteiger partial charge on any atom is -0.468 e. The smallest absolute Gasteiger partial charge is 0.117 e. The first kappa shape index (κ1) is 10.4. The first-order chi connectivity index (χ1) is 7.84. The van der Waals surface area contributed by atoms with E-state index in [-0.39, 0.29) is 0 Å². The van der Waals surface area contributed by atoms with E-state index < -0.39 is 0 Å². The molecule has 1 heterocycles. The van der Waals surface area contributed by atoms with Crippen LogP contribution >= 0.6 is 0 Å². The van der Waals surface area contributed by atoms with Gasteiger partial charge in [-0.25, -0.2) is 0 Å². The Morgan fingerprint density at radius 3 is 2.75 bits per heavy atom. The quantitative estimate of drug-likeness (QED) is 0.845. The standard InChI is InChI=1S/C13H20N2O/c14-12-4-1-5-13(12)15(10-6-7-10)9-11-3-2-8-16-11/h2-3,8,10,12-13H,1,4-7,9,14H2. The van der Waals surface area contributed by atoms with E-state index in [2.05, 4.69) is 11.0 Å². The molecule has 2 N–H and O–H groups in total. The van der Waals surface area contributed by atoms with Crippen molar-refractivity contribution < 1.29 is 4.42 Å². The summed E-state index contributed by atoms with van der Waals surface area (Å²) in [5, 5.41) is 0. The molecule has 2 saturated carbocycles. The second kappa shape index (κ2) is 4.22. The Kier molecular flexibility index (Phi) is 2.74. The molecule has 0 radical (unpaired) electrons. The lowest BCUT2D eigenvalue weighted by atomic mass is 10.1. The van der Waals surface area contributed by atoms with Gasteiger partial charge in [-0.15, -0.1) is 0 Å². The highest BCUT2D eigenvalue weighted by atomic mass is 16.3. The Balaban J connectivity index is 1.71. The van der Waals surface area contributed by atoms with Gasteiger partial charge in [-0.2, -0.15) is 0 Å². The van der Waals surface area contributed by atoms with Gasteiger partial charge in [0.05, 0.1) is 12.8 Å². The number of hydrogen-bond donors (Lipinski definition) is 1. The number of nitrogens with two attached hydrogens (primary N) is 1. The molecule has 3 rings (SSSR count). The summed E-state index contributed by atoms with van der Waals surface area (Å²) < 4.78 is 5.45. The average Bonchev–Trinajstić information content (AvgIpc) is 2.82. The zero-order chi connectivity index (χ0) is 11.0. The minimum atomic E-state index is 0.371. The summed E-state index contributed by atoms with van der Waals surface area (Å²) in [5.41, 5.74) is 6.20. The van der Waals surface area contributed by atoms with Crippen molar-refractivity contribution in [3.63, 3.8) is 0 Å². The highest BCUT2D eigenvalue weighted by molar-refractivity contribution is 5.03. The molecule has 2 atom stereocenters. The van der Waals surface area contributed by atoms with Gasteiger partial charge in [0.2, 0.25) is 0 Å². The monoisotopic (exact) mass is 220 g/mol. The van der Waals surface area contributed by atoms with Gasteiger partial charge in [0.15, 0.2) is 0 Å². The molecule has 0 bridgehead atoms. The van der Waals surface area contributed by atoms with Gasteiger partial charge < -0.3 is 10.2 Å². The maximum Gasteiger partial charge on any atom is 0.117 e. The fourth-order valence-corrected chi connectivity index (χ4v) is 2.89. The van der Waals surface area contributed by atoms with Crippen molar-refractivity contribution in [2.45, 2.75) is 56.8 Å². The molecule has 16 heavy (non-hydrogen) atoms. The van der Waals surface area contributed by atoms with Crippen LogP contribution in [0.3, 0.4) is 0 Å². The van der Waals surface area contributed by atoms with Crippen LogP contribution in [0.1, 0.15) is 37.9 Å². The fraction of sp³-hybridized carbons (Fsp3) is 0.692. The van der Waals surface area contributed by atoms with Gasteiger partial charge in [0.1, 0.15) is 5.76 Å². The third-order valence-electron chi connectivity index (χ3n) is 3.89. The largest absolute Gasteiger partial charge is 0.468 e. The lowest BCUT2D eigenvalue weighted by Crippen LogP contribution is -2.45. The van der Waals surface area contributed by atoms with Crippen LogP contribution in [0.25, 0.3) is 0 Å². The van der Waals surface area contributed by atoms with Gasteiger partial charge in [0.25, 0.3) is 0 Å². The van der Waals surface area contributed by atoms with Crippen molar-refractivity contribution in [2.24, 2.45) is 5.73 Å². The van der Waals surface area contributed by atoms with Crippen molar-refractivity contribution in [3.05, 3.63) is 24.2 Å². The van der Waals surface area contributed by atoms with Crippen LogP contribution in [0.5, 0.6) is 0 Å². The van der Waals surface area contributed by atoms with Crippen molar-refractivity contribution >= 4 is 0 Å². The predicted molar refractivity (Wildman–Crippen MR) is 62.9 cm³/mol. The molecule has 0 aromatic carbocycles. The van der Waals surface area contributed by atoms with Crippen molar-refractivity contribution in [3.8, 4) is 0 Å². The van der Waals surface area contributed by atoms with Crippen LogP contribution in [-0.2, 0) is 6.54 Å². The molecule has 0 saturated heterocycles. The average molecular weight is 220 g/mol. The van der Waals surface area contributed by atoms with E-state index in [1.807, 2.05) is 6.07 Å². The zero-order valence-electron chi connectivity index (χ0n) is 9.64. The molecule has 0 aliphatic heterocycles. The second-order valence-corrected chi connectivity index (χ2v) is 5.14. The highest BCUT2D eigenvalue weighted by Gasteiger charge is 2.38. The SMILES string of the molecule is NC1CCCC1N(Cc1ccco1)C1CC1. The van der Waals surface area contributed by atoms with Crippen molar-refractivity contribution in [2.75, 3.05) is 0 Å². The van der Waals surface area contributed by atoms with Gasteiger partial charge >= 0.3 is 0 Å². The van der Waals surface area contributed by atoms with Crippen LogP contribution in [0.4, 0.5) is 0 Å². The van der Waals surface area contributed by atoms with Gasteiger partial charge in [0, 0.05) is 18.1 Å². The fourth-order valence-electron chi connectivity index (χ4n) is 2.89. The summed E-state index contributed by atoms with van der Waals surface area (Å²) in [6.07, 6.45) is 8.17. The number of furan rings is 1. The number of hydrogen-bond acceptors (Lipinski definition) is 3. The van der Waals surface area contributed by atoms with Crippen molar-refractivity contribution in [1.29, 1.82) is 0 Å². The molecule has 1 aromatic rings. The Hall–Kier alpha value is -0.800. The van der Waals surface area contributed by atoms with E-state index in [1.165, 1.54) is 32.1 Å². The first-order valence-corrected chi connectivity index (χ1v) is 6.38. The lowest BCUT2D eigenvalue weighted by Gasteiger charge is -2.30. The molecule has 2 fully saturated rings. The van der Waals surface area contributed by atoms with E-state index >= 15 is 0 Å². The molecule has 0 spiro atoms. The Labute approximate surface area is 96.6 Å². The molecule has 2 unspecified atom stereocenters. The summed E-state index contributed by atoms with van der Waals surface area (Å²) in [6, 6.07) is 5.75. The van der Waals surface area contributed by atoms with E-state index in [1.54, 1.807) is 6.26 Å². The van der Waals surface area contributed by atoms with Crippen LogP contribution < -0.4 is 5.73 Å². The van der Waals surface area contributed by atoms with Crippen LogP contribution in [0, 0.1) is 0 Å². The molecule has 3 heteroatoms. The minimum absolute atomic E-state index is 0.371. The second-order valence-electron chi connectivity index (χ2n) is 5.14. The van der Waals surface area contributed by atoms with Gasteiger partial charge in [-0.3, -0.25) is 4.90 Å². The summed E-state index contributed by atoms with van der Waals surface area (Å²) in [7, 11) is 0. The van der Waals surface area contributed by atoms with Crippen LogP contribution in [-0.4, -0.2) is 23.0 Å². The molecular formula is C13H20N2O. The predicted octanol–water partition coefficient (Wildman–Crippen LogP) is 2.12. The number of rotatable bonds is 4. The van der Waals surface area contributed by atoms with E-state index in [9.17, 15) is 0 Å². The van der Waals surface area contributed by atoms with E-state index in [0.29, 0.717) is 12.1 Å². The molecule has 2 aliphatic carbocycles. The first-order valence-electron chi connectivity index (χ1n) is 6.38.